The van der Waals surface area contributed by atoms with E-state index in [0.29, 0.717) is 0 Å². The first-order valence-electron chi connectivity index (χ1n) is 3.39. The number of rotatable bonds is 3. The van der Waals surface area contributed by atoms with Crippen molar-refractivity contribution in [1.29, 1.82) is 0 Å². The summed E-state index contributed by atoms with van der Waals surface area (Å²) >= 11 is 0.181. The fourth-order valence-corrected chi connectivity index (χ4v) is 2.68. The highest BCUT2D eigenvalue weighted by Crippen LogP contribution is 2.56. The van der Waals surface area contributed by atoms with Crippen LogP contribution in [0.5, 0.6) is 0 Å². The van der Waals surface area contributed by atoms with Crippen LogP contribution in [0.4, 0.5) is 5.69 Å². The summed E-state index contributed by atoms with van der Waals surface area (Å²) in [4.78, 5) is 27.0. The number of nitro groups is 1. The van der Waals surface area contributed by atoms with Gasteiger partial charge in [-0.15, -0.1) is 0 Å². The highest BCUT2D eigenvalue weighted by molar-refractivity contribution is 8.54. The van der Waals surface area contributed by atoms with Crippen LogP contribution in [0.25, 0.3) is 0 Å². The molecule has 0 aliphatic heterocycles. The summed E-state index contributed by atoms with van der Waals surface area (Å²) in [6, 6.07) is 5.40. The van der Waals surface area contributed by atoms with Crippen LogP contribution < -0.4 is 0 Å². The van der Waals surface area contributed by atoms with Gasteiger partial charge < -0.3 is 9.79 Å². The molecule has 14 heavy (non-hydrogen) atoms. The maximum Gasteiger partial charge on any atom is 0.388 e. The Balaban J connectivity index is 3.08. The lowest BCUT2D eigenvalue weighted by Crippen LogP contribution is -1.89. The molecule has 0 amide bonds. The van der Waals surface area contributed by atoms with E-state index in [1.54, 1.807) is 0 Å². The third-order valence-corrected chi connectivity index (χ3v) is 3.36. The minimum atomic E-state index is -4.34. The molecule has 0 radical (unpaired) electrons. The third kappa shape index (κ3) is 3.12. The zero-order valence-electron chi connectivity index (χ0n) is 6.73. The Labute approximate surface area is 83.0 Å². The first-order chi connectivity index (χ1) is 6.40. The molecule has 0 aromatic heterocycles. The molecule has 0 spiro atoms. The molecule has 0 fully saturated rings. The molecular formula is C6H6NO5PS. The van der Waals surface area contributed by atoms with Gasteiger partial charge in [-0.05, 0) is 6.07 Å². The molecule has 1 aromatic carbocycles. The molecule has 0 saturated heterocycles. The Hall–Kier alpha value is -0.880. The normalized spacial score (nSPS) is 11.3. The number of benzene rings is 1. The Morgan fingerprint density at radius 3 is 2.43 bits per heavy atom. The second kappa shape index (κ2) is 4.10. The van der Waals surface area contributed by atoms with Gasteiger partial charge in [0.05, 0.1) is 9.82 Å². The van der Waals surface area contributed by atoms with Crippen LogP contribution in [0, 0.1) is 10.1 Å². The van der Waals surface area contributed by atoms with E-state index in [2.05, 4.69) is 0 Å². The predicted molar refractivity (Wildman–Crippen MR) is 51.0 cm³/mol. The van der Waals surface area contributed by atoms with E-state index in [9.17, 15) is 14.7 Å². The van der Waals surface area contributed by atoms with Crippen molar-refractivity contribution in [3.63, 3.8) is 0 Å². The van der Waals surface area contributed by atoms with Crippen LogP contribution in [-0.2, 0) is 4.57 Å². The van der Waals surface area contributed by atoms with E-state index in [0.717, 1.165) is 0 Å². The molecule has 0 atom stereocenters. The van der Waals surface area contributed by atoms with Crippen molar-refractivity contribution in [2.24, 2.45) is 0 Å². The van der Waals surface area contributed by atoms with E-state index < -0.39 is 11.7 Å². The van der Waals surface area contributed by atoms with Gasteiger partial charge in [0.1, 0.15) is 0 Å². The van der Waals surface area contributed by atoms with Gasteiger partial charge in [0.2, 0.25) is 0 Å². The van der Waals surface area contributed by atoms with Gasteiger partial charge in [0, 0.05) is 17.4 Å². The minimum absolute atomic E-state index is 0.0363. The van der Waals surface area contributed by atoms with Crippen LogP contribution in [0.1, 0.15) is 0 Å². The van der Waals surface area contributed by atoms with Crippen LogP contribution >= 0.6 is 18.2 Å². The second-order valence-corrected chi connectivity index (χ2v) is 5.88. The summed E-state index contributed by atoms with van der Waals surface area (Å²) in [6.07, 6.45) is 0. The zero-order chi connectivity index (χ0) is 10.8. The maximum absolute atomic E-state index is 10.6. The summed E-state index contributed by atoms with van der Waals surface area (Å²) in [5.74, 6) is 0. The number of para-hydroxylation sites is 1. The predicted octanol–water partition coefficient (Wildman–Crippen LogP) is 1.78. The molecule has 76 valence electrons. The fraction of sp³-hybridized carbons (Fsp3) is 0. The lowest BCUT2D eigenvalue weighted by Gasteiger charge is -2.02. The molecule has 0 aliphatic carbocycles. The van der Waals surface area contributed by atoms with Gasteiger partial charge in [-0.3, -0.25) is 10.1 Å². The molecule has 0 heterocycles. The largest absolute Gasteiger partial charge is 0.388 e. The monoisotopic (exact) mass is 235 g/mol. The molecule has 1 rings (SSSR count). The van der Waals surface area contributed by atoms with Crippen LogP contribution in [0.15, 0.2) is 29.2 Å². The van der Waals surface area contributed by atoms with Crippen molar-refractivity contribution >= 4 is 23.9 Å². The zero-order valence-corrected chi connectivity index (χ0v) is 8.44. The number of nitrogens with zero attached hydrogens (tertiary/aromatic N) is 1. The second-order valence-electron chi connectivity index (χ2n) is 2.31. The first kappa shape index (κ1) is 11.2. The number of hydrogen-bond acceptors (Lipinski definition) is 4. The number of nitro benzene ring substituents is 1. The molecule has 6 nitrogen and oxygen atoms in total. The summed E-state index contributed by atoms with van der Waals surface area (Å²) in [5, 5.41) is 10.4. The Bertz CT molecular complexity index is 403. The Morgan fingerprint density at radius 2 is 1.93 bits per heavy atom. The van der Waals surface area contributed by atoms with Gasteiger partial charge in [-0.2, -0.15) is 0 Å². The molecule has 2 N–H and O–H groups in total. The minimum Gasteiger partial charge on any atom is -0.316 e. The van der Waals surface area contributed by atoms with Crippen molar-refractivity contribution in [3.8, 4) is 0 Å². The summed E-state index contributed by atoms with van der Waals surface area (Å²) < 4.78 is 10.6. The van der Waals surface area contributed by atoms with Crippen LogP contribution in [-0.4, -0.2) is 14.7 Å². The van der Waals surface area contributed by atoms with Crippen LogP contribution in [0.2, 0.25) is 0 Å². The van der Waals surface area contributed by atoms with E-state index in [4.69, 9.17) is 9.79 Å². The van der Waals surface area contributed by atoms with Crippen molar-refractivity contribution in [1.82, 2.24) is 0 Å². The average molecular weight is 235 g/mol. The molecular weight excluding hydrogens is 229 g/mol. The maximum atomic E-state index is 10.6. The van der Waals surface area contributed by atoms with Crippen LogP contribution in [0.3, 0.4) is 0 Å². The first-order valence-corrected chi connectivity index (χ1v) is 6.42. The van der Waals surface area contributed by atoms with E-state index >= 15 is 0 Å². The van der Waals surface area contributed by atoms with Crippen molar-refractivity contribution < 1.29 is 19.3 Å². The highest BCUT2D eigenvalue weighted by atomic mass is 32.7. The lowest BCUT2D eigenvalue weighted by molar-refractivity contribution is -0.387. The quantitative estimate of drug-likeness (QED) is 0.470. The van der Waals surface area contributed by atoms with Gasteiger partial charge >= 0.3 is 6.80 Å². The van der Waals surface area contributed by atoms with E-state index in [-0.39, 0.29) is 22.0 Å². The standard InChI is InChI=1S/C6H6NO5PS/c8-7(9)5-3-1-2-4-6(5)14-13(10,11)12/h1-4H,(H2,10,11,12). The van der Waals surface area contributed by atoms with Crippen molar-refractivity contribution in [2.45, 2.75) is 4.90 Å². The molecule has 0 aliphatic rings. The highest BCUT2D eigenvalue weighted by Gasteiger charge is 2.22. The van der Waals surface area contributed by atoms with Gasteiger partial charge in [0.25, 0.3) is 5.69 Å². The van der Waals surface area contributed by atoms with Gasteiger partial charge in [-0.1, -0.05) is 12.1 Å². The smallest absolute Gasteiger partial charge is 0.316 e. The van der Waals surface area contributed by atoms with E-state index in [1.165, 1.54) is 24.3 Å². The van der Waals surface area contributed by atoms with Crippen molar-refractivity contribution in [3.05, 3.63) is 34.4 Å². The lowest BCUT2D eigenvalue weighted by atomic mass is 10.3. The van der Waals surface area contributed by atoms with Gasteiger partial charge in [0.15, 0.2) is 0 Å². The molecule has 0 unspecified atom stereocenters. The molecule has 8 heteroatoms. The molecule has 0 saturated carbocycles. The van der Waals surface area contributed by atoms with Crippen molar-refractivity contribution in [2.75, 3.05) is 0 Å². The number of hydrogen-bond donors (Lipinski definition) is 2. The SMILES string of the molecule is O=[N+]([O-])c1ccccc1SP(=O)(O)O. The molecule has 0 bridgehead atoms. The topological polar surface area (TPSA) is 101 Å². The average Bonchev–Trinajstić information content (AvgIpc) is 2.01. The Kier molecular flexibility index (Phi) is 3.28. The van der Waals surface area contributed by atoms with E-state index in [1.807, 2.05) is 0 Å². The summed E-state index contributed by atoms with van der Waals surface area (Å²) in [7, 11) is 0. The Morgan fingerprint density at radius 1 is 1.36 bits per heavy atom. The summed E-state index contributed by atoms with van der Waals surface area (Å²) in [6.45, 7) is -4.34. The van der Waals surface area contributed by atoms with Gasteiger partial charge in [-0.25, -0.2) is 4.57 Å². The summed E-state index contributed by atoms with van der Waals surface area (Å²) in [5.41, 5.74) is -0.305. The fourth-order valence-electron chi connectivity index (χ4n) is 0.813. The molecule has 1 aromatic rings. The third-order valence-electron chi connectivity index (χ3n) is 1.28.